The van der Waals surface area contributed by atoms with Crippen molar-refractivity contribution in [2.24, 2.45) is 15.1 Å². The molecular weight excluding hydrogens is 549 g/mol. The first kappa shape index (κ1) is 31.0. The van der Waals surface area contributed by atoms with Crippen molar-refractivity contribution in [3.8, 4) is 0 Å². The van der Waals surface area contributed by atoms with Gasteiger partial charge in [-0.15, -0.1) is 5.57 Å². The summed E-state index contributed by atoms with van der Waals surface area (Å²) in [6.07, 6.45) is 9.44. The number of allylic oxidation sites excluding steroid dienone is 2. The van der Waals surface area contributed by atoms with Gasteiger partial charge in [0, 0.05) is 12.1 Å². The van der Waals surface area contributed by atoms with Crippen molar-refractivity contribution in [3.63, 3.8) is 0 Å². The third kappa shape index (κ3) is 6.77. The molecule has 1 aliphatic carbocycles. The molecule has 2 aromatic rings. The van der Waals surface area contributed by atoms with Crippen LogP contribution in [0.15, 0.2) is 74.7 Å². The summed E-state index contributed by atoms with van der Waals surface area (Å²) < 4.78 is 13.4. The monoisotopic (exact) mass is 563 g/mol. The van der Waals surface area contributed by atoms with Crippen molar-refractivity contribution in [2.45, 2.75) is 24.8 Å². The van der Waals surface area contributed by atoms with E-state index in [0.29, 0.717) is 6.04 Å². The van der Waals surface area contributed by atoms with Crippen molar-refractivity contribution in [3.05, 3.63) is 82.0 Å². The van der Waals surface area contributed by atoms with Gasteiger partial charge in [-0.3, -0.25) is 15.4 Å². The Balaban J connectivity index is 0.00000192. The maximum absolute atomic E-state index is 13.4. The fourth-order valence-corrected chi connectivity index (χ4v) is 3.80. The Morgan fingerprint density at radius 2 is 1.78 bits per heavy atom. The number of nitrogens with zero attached hydrogens (tertiary/aromatic N) is 3. The zero-order valence-electron chi connectivity index (χ0n) is 16.4. The van der Waals surface area contributed by atoms with E-state index in [1.54, 1.807) is 29.7 Å². The topological polar surface area (TPSA) is 49.1 Å². The molecule has 1 atom stereocenters. The maximum atomic E-state index is 13.4. The van der Waals surface area contributed by atoms with Crippen LogP contribution in [0.1, 0.15) is 29.2 Å². The molecule has 32 heavy (non-hydrogen) atoms. The number of hydrogen-bond donors (Lipinski definition) is 1. The van der Waals surface area contributed by atoms with Gasteiger partial charge in [-0.05, 0) is 52.2 Å². The van der Waals surface area contributed by atoms with E-state index >= 15 is 0 Å². The van der Waals surface area contributed by atoms with Crippen LogP contribution >= 0.6 is 11.3 Å². The molecular formula is C21H16Cl4FN4STi-. The van der Waals surface area contributed by atoms with E-state index in [4.69, 9.17) is 9.98 Å². The van der Waals surface area contributed by atoms with Crippen molar-refractivity contribution in [2.75, 3.05) is 0 Å². The van der Waals surface area contributed by atoms with Gasteiger partial charge in [0.2, 0.25) is 0 Å². The number of aliphatic imine (C=N–C) groups is 2. The van der Waals surface area contributed by atoms with Crippen LogP contribution in [-0.4, -0.2) is 23.3 Å². The second-order valence-corrected chi connectivity index (χ2v) is 7.57. The summed E-state index contributed by atoms with van der Waals surface area (Å²) in [6.45, 7) is 0. The number of hydrazone groups is 1. The molecule has 11 heteroatoms. The summed E-state index contributed by atoms with van der Waals surface area (Å²) in [5, 5.41) is 6.52. The van der Waals surface area contributed by atoms with E-state index in [1.165, 1.54) is 12.1 Å². The largest absolute Gasteiger partial charge is 4.00 e. The number of thiophene rings is 1. The third-order valence-electron chi connectivity index (χ3n) is 4.59. The minimum atomic E-state index is -0.255. The van der Waals surface area contributed by atoms with E-state index in [1.807, 2.05) is 23.6 Å². The van der Waals surface area contributed by atoms with Gasteiger partial charge in [0.25, 0.3) is 0 Å². The fourth-order valence-electron chi connectivity index (χ4n) is 3.08. The van der Waals surface area contributed by atoms with Gasteiger partial charge in [0.1, 0.15) is 11.7 Å². The Hall–Kier alpha value is -0.986. The van der Waals surface area contributed by atoms with Crippen molar-refractivity contribution in [1.29, 1.82) is 0 Å². The van der Waals surface area contributed by atoms with Gasteiger partial charge in [0.05, 0.1) is 6.04 Å². The van der Waals surface area contributed by atoms with E-state index in [0.717, 1.165) is 46.1 Å². The van der Waals surface area contributed by atoms with Crippen LogP contribution in [0.3, 0.4) is 0 Å². The molecule has 4 nitrogen and oxygen atoms in total. The van der Waals surface area contributed by atoms with Crippen molar-refractivity contribution >= 4 is 28.6 Å². The second kappa shape index (κ2) is 13.7. The van der Waals surface area contributed by atoms with Crippen LogP contribution in [0, 0.1) is 11.9 Å². The van der Waals surface area contributed by atoms with Crippen LogP contribution in [0.25, 0.3) is 0 Å². The number of halogens is 5. The molecule has 2 aliphatic heterocycles. The van der Waals surface area contributed by atoms with Crippen molar-refractivity contribution in [1.82, 2.24) is 5.43 Å². The summed E-state index contributed by atoms with van der Waals surface area (Å²) in [5.74, 6) is 0.246. The number of benzene rings is 1. The standard InChI is InChI=1S/C21H16FN4S.4ClH.Ti/c22-14-5-3-13(4-6-14)16-12-17-18(25-21(16)24-15-7-8-15)9-10-23-26-20(17)19-2-1-11-27-19;;;;;/h1-6,9-11,15-16,23H,7-8H2;4*1H;/q-1;;;;;+4/p-4. The van der Waals surface area contributed by atoms with Gasteiger partial charge in [-0.2, -0.15) is 17.4 Å². The number of amidine groups is 1. The Bertz CT molecular complexity index is 1030. The summed E-state index contributed by atoms with van der Waals surface area (Å²) in [7, 11) is 0. The molecule has 3 heterocycles. The Morgan fingerprint density at radius 3 is 2.41 bits per heavy atom. The first-order chi connectivity index (χ1) is 13.3. The van der Waals surface area contributed by atoms with Crippen LogP contribution in [0.4, 0.5) is 4.39 Å². The van der Waals surface area contributed by atoms with Crippen LogP contribution in [0.5, 0.6) is 0 Å². The van der Waals surface area contributed by atoms with Crippen LogP contribution in [0.2, 0.25) is 0 Å². The number of rotatable bonds is 3. The first-order valence-electron chi connectivity index (χ1n) is 8.87. The number of nitrogens with one attached hydrogen (secondary N) is 1. The molecule has 0 spiro atoms. The quantitative estimate of drug-likeness (QED) is 0.292. The molecule has 1 aromatic carbocycles. The minimum absolute atomic E-state index is 0. The van der Waals surface area contributed by atoms with Crippen LogP contribution < -0.4 is 55.1 Å². The summed E-state index contributed by atoms with van der Waals surface area (Å²) >= 11 is 1.62. The zero-order chi connectivity index (χ0) is 18.2. The predicted octanol–water partition coefficient (Wildman–Crippen LogP) is -7.75. The molecule has 1 aromatic heterocycles. The fraction of sp³-hybridized carbons (Fsp3) is 0.190. The van der Waals surface area contributed by atoms with E-state index in [2.05, 4.69) is 16.6 Å². The summed E-state index contributed by atoms with van der Waals surface area (Å²) in [6, 6.07) is 10.9. The smallest absolute Gasteiger partial charge is 1.00 e. The third-order valence-corrected chi connectivity index (χ3v) is 5.46. The summed E-state index contributed by atoms with van der Waals surface area (Å²) in [5.41, 5.74) is 6.34. The molecule has 3 aliphatic rings. The molecule has 1 fully saturated rings. The molecule has 166 valence electrons. The van der Waals surface area contributed by atoms with E-state index in [9.17, 15) is 4.39 Å². The van der Waals surface area contributed by atoms with E-state index in [-0.39, 0.29) is 83.1 Å². The van der Waals surface area contributed by atoms with Crippen LogP contribution in [-0.2, 0) is 21.7 Å². The molecule has 5 rings (SSSR count). The molecule has 0 amide bonds. The molecule has 1 unspecified atom stereocenters. The zero-order valence-corrected chi connectivity index (χ0v) is 21.8. The molecule has 1 N–H and O–H groups in total. The number of hydrogen-bond acceptors (Lipinski definition) is 4. The average Bonchev–Trinajstić information content (AvgIpc) is 3.38. The van der Waals surface area contributed by atoms with E-state index < -0.39 is 0 Å². The number of dihydropyridines is 1. The predicted molar refractivity (Wildman–Crippen MR) is 107 cm³/mol. The Kier molecular flexibility index (Phi) is 13.2. The summed E-state index contributed by atoms with van der Waals surface area (Å²) in [4.78, 5) is 10.7. The number of fused-ring (bicyclic) bond motifs is 1. The molecule has 0 radical (unpaired) electrons. The molecule has 0 bridgehead atoms. The first-order valence-corrected chi connectivity index (χ1v) is 9.75. The van der Waals surface area contributed by atoms with Gasteiger partial charge >= 0.3 is 21.7 Å². The van der Waals surface area contributed by atoms with Gasteiger partial charge in [0.15, 0.2) is 0 Å². The van der Waals surface area contributed by atoms with Crippen molar-refractivity contribution < 1.29 is 75.7 Å². The Labute approximate surface area is 230 Å². The minimum Gasteiger partial charge on any atom is -1.00 e. The molecule has 0 saturated heterocycles. The Morgan fingerprint density at radius 1 is 1.06 bits per heavy atom. The average molecular weight is 565 g/mol. The SMILES string of the molecule is Fc1ccc(C2[C-]=C3C(=NC2=NC2CC2)C=CNN=C3c2cccs2)cc1.[Cl-].[Cl-].[Cl-].[Cl-].[Ti+4]. The van der Waals surface area contributed by atoms with Gasteiger partial charge in [-0.1, -0.05) is 30.3 Å². The van der Waals surface area contributed by atoms with Gasteiger partial charge in [-0.25, -0.2) is 9.49 Å². The molecule has 1 saturated carbocycles. The second-order valence-electron chi connectivity index (χ2n) is 6.62. The van der Waals surface area contributed by atoms with Gasteiger partial charge < -0.3 is 49.6 Å². The maximum Gasteiger partial charge on any atom is 4.00 e. The normalized spacial score (nSPS) is 19.5.